The predicted molar refractivity (Wildman–Crippen MR) is 110 cm³/mol. The van der Waals surface area contributed by atoms with Crippen LogP contribution < -0.4 is 10.6 Å². The Bertz CT molecular complexity index is 621. The smallest absolute Gasteiger partial charge is 0.253 e. The molecule has 2 aliphatic rings. The average molecular weight is 415 g/mol. The topological polar surface area (TPSA) is 64.7 Å². The van der Waals surface area contributed by atoms with Crippen LogP contribution in [0, 0.1) is 5.92 Å². The Morgan fingerprint density at radius 3 is 2.56 bits per heavy atom. The van der Waals surface area contributed by atoms with E-state index < -0.39 is 0 Å². The van der Waals surface area contributed by atoms with E-state index in [1.54, 1.807) is 29.2 Å². The van der Waals surface area contributed by atoms with Gasteiger partial charge in [-0.05, 0) is 37.1 Å². The van der Waals surface area contributed by atoms with Gasteiger partial charge < -0.3 is 15.5 Å². The Balaban J connectivity index is 0.00000261. The second-order valence-electron chi connectivity index (χ2n) is 6.98. The summed E-state index contributed by atoms with van der Waals surface area (Å²) in [5.41, 5.74) is 0.620. The first-order valence-electron chi connectivity index (χ1n) is 9.39. The zero-order valence-electron chi connectivity index (χ0n) is 15.5. The number of carbonyl (C=O) groups is 2. The van der Waals surface area contributed by atoms with Crippen molar-refractivity contribution < 1.29 is 9.59 Å². The molecule has 0 saturated carbocycles. The molecule has 0 aliphatic carbocycles. The molecule has 27 heavy (non-hydrogen) atoms. The first-order chi connectivity index (χ1) is 12.6. The highest BCUT2D eigenvalue weighted by atomic mass is 35.5. The zero-order chi connectivity index (χ0) is 18.4. The Labute approximate surface area is 172 Å². The van der Waals surface area contributed by atoms with Crippen LogP contribution in [-0.2, 0) is 4.79 Å². The maximum Gasteiger partial charge on any atom is 0.253 e. The van der Waals surface area contributed by atoms with Crippen molar-refractivity contribution in [3.63, 3.8) is 0 Å². The van der Waals surface area contributed by atoms with Gasteiger partial charge in [0.15, 0.2) is 0 Å². The van der Waals surface area contributed by atoms with E-state index in [0.717, 1.165) is 45.6 Å². The van der Waals surface area contributed by atoms with E-state index in [1.165, 1.54) is 0 Å². The third-order valence-electron chi connectivity index (χ3n) is 5.11. The molecule has 1 atom stereocenters. The molecule has 2 saturated heterocycles. The lowest BCUT2D eigenvalue weighted by Crippen LogP contribution is -2.48. The number of likely N-dealkylation sites (tertiary alicyclic amines) is 1. The number of piperidine rings is 1. The molecule has 2 amide bonds. The lowest BCUT2D eigenvalue weighted by Gasteiger charge is -2.32. The second-order valence-corrected chi connectivity index (χ2v) is 7.42. The lowest BCUT2D eigenvalue weighted by molar-refractivity contribution is -0.126. The summed E-state index contributed by atoms with van der Waals surface area (Å²) in [6.07, 6.45) is 1.69. The lowest BCUT2D eigenvalue weighted by atomic mass is 9.96. The van der Waals surface area contributed by atoms with Gasteiger partial charge in [-0.1, -0.05) is 11.6 Å². The monoisotopic (exact) mass is 414 g/mol. The highest BCUT2D eigenvalue weighted by Gasteiger charge is 2.28. The second kappa shape index (κ2) is 10.9. The highest BCUT2D eigenvalue weighted by Crippen LogP contribution is 2.19. The standard InChI is InChI=1S/C19H27ClN4O2.ClH/c20-17-5-3-15(4-6-17)19(26)24-10-1-2-16(14-24)18(25)22-9-13-23-11-7-21-8-12-23;/h3-6,16,21H,1-2,7-14H2,(H,22,25);1H. The summed E-state index contributed by atoms with van der Waals surface area (Å²) < 4.78 is 0. The molecule has 0 aromatic heterocycles. The van der Waals surface area contributed by atoms with Gasteiger partial charge >= 0.3 is 0 Å². The summed E-state index contributed by atoms with van der Waals surface area (Å²) in [7, 11) is 0. The quantitative estimate of drug-likeness (QED) is 0.768. The summed E-state index contributed by atoms with van der Waals surface area (Å²) in [6.45, 7) is 6.82. The summed E-state index contributed by atoms with van der Waals surface area (Å²) >= 11 is 5.89. The van der Waals surface area contributed by atoms with Gasteiger partial charge in [-0.15, -0.1) is 12.4 Å². The fourth-order valence-electron chi connectivity index (χ4n) is 3.57. The Hall–Kier alpha value is -1.34. The minimum atomic E-state index is -0.122. The first kappa shape index (κ1) is 22.0. The number of carbonyl (C=O) groups excluding carboxylic acids is 2. The number of rotatable bonds is 5. The van der Waals surface area contributed by atoms with E-state index in [9.17, 15) is 9.59 Å². The minimum Gasteiger partial charge on any atom is -0.355 e. The zero-order valence-corrected chi connectivity index (χ0v) is 17.0. The van der Waals surface area contributed by atoms with Crippen LogP contribution in [0.1, 0.15) is 23.2 Å². The highest BCUT2D eigenvalue weighted by molar-refractivity contribution is 6.30. The largest absolute Gasteiger partial charge is 0.355 e. The molecule has 3 rings (SSSR count). The van der Waals surface area contributed by atoms with Crippen molar-refractivity contribution in [2.24, 2.45) is 5.92 Å². The van der Waals surface area contributed by atoms with Crippen molar-refractivity contribution in [2.45, 2.75) is 12.8 Å². The van der Waals surface area contributed by atoms with Gasteiger partial charge in [0.2, 0.25) is 5.91 Å². The molecule has 0 spiro atoms. The number of benzene rings is 1. The third kappa shape index (κ3) is 6.35. The normalized spacial score (nSPS) is 20.6. The Morgan fingerprint density at radius 1 is 1.15 bits per heavy atom. The fraction of sp³-hybridized carbons (Fsp3) is 0.579. The van der Waals surface area contributed by atoms with E-state index in [0.29, 0.717) is 30.2 Å². The number of nitrogens with zero attached hydrogens (tertiary/aromatic N) is 2. The molecule has 0 radical (unpaired) electrons. The molecule has 6 nitrogen and oxygen atoms in total. The van der Waals surface area contributed by atoms with Gasteiger partial charge in [-0.25, -0.2) is 0 Å². The number of amides is 2. The van der Waals surface area contributed by atoms with Gasteiger partial charge in [0.25, 0.3) is 5.91 Å². The fourth-order valence-corrected chi connectivity index (χ4v) is 3.69. The van der Waals surface area contributed by atoms with E-state index in [4.69, 9.17) is 11.6 Å². The molecule has 0 bridgehead atoms. The number of halogens is 2. The van der Waals surface area contributed by atoms with Crippen LogP contribution in [0.5, 0.6) is 0 Å². The molecule has 1 unspecified atom stereocenters. The van der Waals surface area contributed by atoms with E-state index in [1.807, 2.05) is 0 Å². The SMILES string of the molecule is Cl.O=C(NCCN1CCNCC1)C1CCCN(C(=O)c2ccc(Cl)cc2)C1. The summed E-state index contributed by atoms with van der Waals surface area (Å²) in [4.78, 5) is 29.3. The van der Waals surface area contributed by atoms with E-state index in [2.05, 4.69) is 15.5 Å². The molecular formula is C19H28Cl2N4O2. The molecule has 150 valence electrons. The Kier molecular flexibility index (Phi) is 8.83. The third-order valence-corrected chi connectivity index (χ3v) is 5.36. The molecular weight excluding hydrogens is 387 g/mol. The molecule has 2 N–H and O–H groups in total. The van der Waals surface area contributed by atoms with Crippen molar-refractivity contribution in [1.82, 2.24) is 20.4 Å². The summed E-state index contributed by atoms with van der Waals surface area (Å²) in [6, 6.07) is 6.92. The van der Waals surface area contributed by atoms with Crippen molar-refractivity contribution in [2.75, 3.05) is 52.4 Å². The van der Waals surface area contributed by atoms with Gasteiger partial charge in [-0.3, -0.25) is 14.5 Å². The molecule has 1 aromatic rings. The van der Waals surface area contributed by atoms with Crippen LogP contribution in [-0.4, -0.2) is 74.0 Å². The van der Waals surface area contributed by atoms with Crippen molar-refractivity contribution >= 4 is 35.8 Å². The van der Waals surface area contributed by atoms with Crippen LogP contribution in [0.2, 0.25) is 5.02 Å². The van der Waals surface area contributed by atoms with Crippen LogP contribution in [0.25, 0.3) is 0 Å². The van der Waals surface area contributed by atoms with Crippen molar-refractivity contribution in [1.29, 1.82) is 0 Å². The predicted octanol–water partition coefficient (Wildman–Crippen LogP) is 1.64. The van der Waals surface area contributed by atoms with Crippen molar-refractivity contribution in [3.05, 3.63) is 34.9 Å². The number of nitrogens with one attached hydrogen (secondary N) is 2. The summed E-state index contributed by atoms with van der Waals surface area (Å²) in [5, 5.41) is 6.99. The van der Waals surface area contributed by atoms with Crippen LogP contribution >= 0.6 is 24.0 Å². The van der Waals surface area contributed by atoms with Gasteiger partial charge in [0.05, 0.1) is 5.92 Å². The molecule has 2 heterocycles. The van der Waals surface area contributed by atoms with Gasteiger partial charge in [0.1, 0.15) is 0 Å². The number of hydrogen-bond donors (Lipinski definition) is 2. The molecule has 1 aromatic carbocycles. The Morgan fingerprint density at radius 2 is 1.85 bits per heavy atom. The minimum absolute atomic E-state index is 0. The van der Waals surface area contributed by atoms with Crippen LogP contribution in [0.3, 0.4) is 0 Å². The van der Waals surface area contributed by atoms with Gasteiger partial charge in [0, 0.05) is 62.9 Å². The van der Waals surface area contributed by atoms with Crippen molar-refractivity contribution in [3.8, 4) is 0 Å². The average Bonchev–Trinajstić information content (AvgIpc) is 2.69. The van der Waals surface area contributed by atoms with E-state index >= 15 is 0 Å². The summed E-state index contributed by atoms with van der Waals surface area (Å²) in [5.74, 6) is -0.0863. The molecule has 2 fully saturated rings. The maximum absolute atomic E-state index is 12.6. The molecule has 8 heteroatoms. The van der Waals surface area contributed by atoms with Gasteiger partial charge in [-0.2, -0.15) is 0 Å². The van der Waals surface area contributed by atoms with Crippen LogP contribution in [0.4, 0.5) is 0 Å². The van der Waals surface area contributed by atoms with E-state index in [-0.39, 0.29) is 30.1 Å². The maximum atomic E-state index is 12.6. The molecule has 2 aliphatic heterocycles. The number of hydrogen-bond acceptors (Lipinski definition) is 4. The van der Waals surface area contributed by atoms with Crippen LogP contribution in [0.15, 0.2) is 24.3 Å². The number of piperazine rings is 1. The first-order valence-corrected chi connectivity index (χ1v) is 9.77.